The zero-order chi connectivity index (χ0) is 18.6. The smallest absolute Gasteiger partial charge is 0.303 e. The predicted octanol–water partition coefficient (Wildman–Crippen LogP) is 3.70. The van der Waals surface area contributed by atoms with Crippen LogP contribution in [0.5, 0.6) is 11.5 Å². The second-order valence-electron chi connectivity index (χ2n) is 6.53. The second kappa shape index (κ2) is 7.98. The Balaban J connectivity index is 1.66. The van der Waals surface area contributed by atoms with Gasteiger partial charge < -0.3 is 23.7 Å². The molecule has 2 aliphatic rings. The van der Waals surface area contributed by atoms with Gasteiger partial charge in [0, 0.05) is 18.1 Å². The lowest BCUT2D eigenvalue weighted by Gasteiger charge is -2.23. The maximum Gasteiger partial charge on any atom is 0.303 e. The largest absolute Gasteiger partial charge is 0.458 e. The molecule has 0 aromatic heterocycles. The van der Waals surface area contributed by atoms with E-state index in [1.54, 1.807) is 0 Å². The van der Waals surface area contributed by atoms with Gasteiger partial charge in [0.15, 0.2) is 17.8 Å². The van der Waals surface area contributed by atoms with Crippen LogP contribution >= 0.6 is 0 Å². The van der Waals surface area contributed by atoms with Crippen molar-refractivity contribution in [3.8, 4) is 11.5 Å². The number of esters is 1. The number of rotatable bonds is 6. The number of ether oxygens (including phenoxy) is 5. The van der Waals surface area contributed by atoms with Crippen molar-refractivity contribution in [2.24, 2.45) is 0 Å². The first-order valence-electron chi connectivity index (χ1n) is 9.08. The Morgan fingerprint density at radius 1 is 1.11 bits per heavy atom. The van der Waals surface area contributed by atoms with E-state index in [1.165, 1.54) is 12.5 Å². The number of carbonyl (C=O) groups is 1. The van der Waals surface area contributed by atoms with Gasteiger partial charge in [-0.2, -0.15) is 0 Å². The van der Waals surface area contributed by atoms with Crippen molar-refractivity contribution in [2.75, 3.05) is 20.0 Å². The van der Waals surface area contributed by atoms with E-state index in [-0.39, 0.29) is 12.8 Å². The molecule has 1 saturated heterocycles. The lowest BCUT2D eigenvalue weighted by Crippen LogP contribution is -2.14. The minimum absolute atomic E-state index is 0.173. The summed E-state index contributed by atoms with van der Waals surface area (Å²) in [6, 6.07) is 13.9. The molecule has 1 unspecified atom stereocenters. The van der Waals surface area contributed by atoms with Crippen molar-refractivity contribution >= 4 is 5.97 Å². The van der Waals surface area contributed by atoms with Crippen molar-refractivity contribution in [2.45, 2.75) is 32.2 Å². The number of hydrogen-bond donors (Lipinski definition) is 0. The van der Waals surface area contributed by atoms with Crippen LogP contribution in [0.2, 0.25) is 0 Å². The molecule has 27 heavy (non-hydrogen) atoms. The van der Waals surface area contributed by atoms with Crippen molar-refractivity contribution in [3.05, 3.63) is 59.2 Å². The van der Waals surface area contributed by atoms with Crippen LogP contribution < -0.4 is 9.47 Å². The molecule has 0 amide bonds. The Kier molecular flexibility index (Phi) is 5.27. The summed E-state index contributed by atoms with van der Waals surface area (Å²) in [5.74, 6) is 0.964. The summed E-state index contributed by atoms with van der Waals surface area (Å²) in [4.78, 5) is 11.8. The summed E-state index contributed by atoms with van der Waals surface area (Å²) < 4.78 is 28.1. The summed E-state index contributed by atoms with van der Waals surface area (Å²) in [5, 5.41) is 0. The van der Waals surface area contributed by atoms with E-state index in [0.717, 1.165) is 17.5 Å². The minimum atomic E-state index is -0.496. The zero-order valence-corrected chi connectivity index (χ0v) is 15.2. The average molecular weight is 370 g/mol. The molecule has 0 aliphatic carbocycles. The maximum atomic E-state index is 11.8. The third-order valence-corrected chi connectivity index (χ3v) is 4.65. The van der Waals surface area contributed by atoms with Gasteiger partial charge in [-0.05, 0) is 30.5 Å². The Morgan fingerprint density at radius 3 is 2.52 bits per heavy atom. The molecule has 0 bridgehead atoms. The van der Waals surface area contributed by atoms with Crippen LogP contribution in [-0.2, 0) is 25.4 Å². The first-order valence-corrected chi connectivity index (χ1v) is 9.08. The Hall–Kier alpha value is -2.57. The number of fused-ring (bicyclic) bond motifs is 1. The fourth-order valence-electron chi connectivity index (χ4n) is 3.42. The average Bonchev–Trinajstić information content (AvgIpc) is 3.35. The highest BCUT2D eigenvalue weighted by atomic mass is 16.7. The SMILES string of the molecule is CC(=O)OC(CCc1ccccc1)c1cc2c(cc1C1OCCO1)OCO2. The lowest BCUT2D eigenvalue weighted by atomic mass is 9.95. The van der Waals surface area contributed by atoms with Crippen LogP contribution in [0.25, 0.3) is 0 Å². The van der Waals surface area contributed by atoms with Gasteiger partial charge in [0.05, 0.1) is 13.2 Å². The molecule has 0 N–H and O–H groups in total. The Bertz CT molecular complexity index is 798. The highest BCUT2D eigenvalue weighted by Gasteiger charge is 2.30. The van der Waals surface area contributed by atoms with E-state index in [9.17, 15) is 4.79 Å². The standard InChI is InChI=1S/C21H22O6/c1-14(22)27-18(8-7-15-5-3-2-4-6-15)16-11-19-20(26-13-25-19)12-17(16)21-23-9-10-24-21/h2-6,11-12,18,21H,7-10,13H2,1H3. The van der Waals surface area contributed by atoms with Gasteiger partial charge >= 0.3 is 5.97 Å². The Labute approximate surface area is 157 Å². The number of hydrogen-bond acceptors (Lipinski definition) is 6. The van der Waals surface area contributed by atoms with E-state index < -0.39 is 12.4 Å². The molecule has 6 heteroatoms. The molecule has 2 aromatic carbocycles. The van der Waals surface area contributed by atoms with Crippen LogP contribution in [0, 0.1) is 0 Å². The molecule has 2 aromatic rings. The van der Waals surface area contributed by atoms with Gasteiger partial charge in [-0.15, -0.1) is 0 Å². The number of carbonyl (C=O) groups excluding carboxylic acids is 1. The van der Waals surface area contributed by atoms with Gasteiger partial charge in [0.1, 0.15) is 6.10 Å². The van der Waals surface area contributed by atoms with E-state index in [4.69, 9.17) is 23.7 Å². The molecular weight excluding hydrogens is 348 g/mol. The van der Waals surface area contributed by atoms with Crippen molar-refractivity contribution < 1.29 is 28.5 Å². The highest BCUT2D eigenvalue weighted by Crippen LogP contribution is 2.42. The van der Waals surface area contributed by atoms with Crippen molar-refractivity contribution in [3.63, 3.8) is 0 Å². The minimum Gasteiger partial charge on any atom is -0.458 e. The molecule has 2 aliphatic heterocycles. The summed E-state index contributed by atoms with van der Waals surface area (Å²) in [7, 11) is 0. The maximum absolute atomic E-state index is 11.8. The van der Waals surface area contributed by atoms with Crippen LogP contribution in [-0.4, -0.2) is 26.0 Å². The highest BCUT2D eigenvalue weighted by molar-refractivity contribution is 5.66. The first kappa shape index (κ1) is 17.8. The molecule has 0 saturated carbocycles. The van der Waals surface area contributed by atoms with Gasteiger partial charge in [-0.3, -0.25) is 4.79 Å². The van der Waals surface area contributed by atoms with Crippen molar-refractivity contribution in [1.29, 1.82) is 0 Å². The molecule has 6 nitrogen and oxygen atoms in total. The summed E-state index contributed by atoms with van der Waals surface area (Å²) in [5.41, 5.74) is 2.83. The van der Waals surface area contributed by atoms with Crippen LogP contribution in [0.1, 0.15) is 42.4 Å². The monoisotopic (exact) mass is 370 g/mol. The van der Waals surface area contributed by atoms with E-state index in [2.05, 4.69) is 12.1 Å². The second-order valence-corrected chi connectivity index (χ2v) is 6.53. The van der Waals surface area contributed by atoms with Gasteiger partial charge in [-0.1, -0.05) is 30.3 Å². The van der Waals surface area contributed by atoms with Crippen LogP contribution in [0.15, 0.2) is 42.5 Å². The molecule has 142 valence electrons. The van der Waals surface area contributed by atoms with Gasteiger partial charge in [-0.25, -0.2) is 0 Å². The molecule has 2 heterocycles. The molecule has 1 fully saturated rings. The summed E-state index contributed by atoms with van der Waals surface area (Å²) in [6.45, 7) is 2.65. The van der Waals surface area contributed by atoms with Crippen molar-refractivity contribution in [1.82, 2.24) is 0 Å². The molecular formula is C21H22O6. The van der Waals surface area contributed by atoms with Gasteiger partial charge in [0.25, 0.3) is 0 Å². The lowest BCUT2D eigenvalue weighted by molar-refractivity contribution is -0.147. The van der Waals surface area contributed by atoms with Crippen LogP contribution in [0.4, 0.5) is 0 Å². The number of aryl methyl sites for hydroxylation is 1. The summed E-state index contributed by atoms with van der Waals surface area (Å²) in [6.07, 6.45) is 0.492. The predicted molar refractivity (Wildman–Crippen MR) is 96.5 cm³/mol. The van der Waals surface area contributed by atoms with Gasteiger partial charge in [0.2, 0.25) is 6.79 Å². The third kappa shape index (κ3) is 4.07. The molecule has 0 radical (unpaired) electrons. The topological polar surface area (TPSA) is 63.2 Å². The van der Waals surface area contributed by atoms with Crippen LogP contribution in [0.3, 0.4) is 0 Å². The summed E-state index contributed by atoms with van der Waals surface area (Å²) >= 11 is 0. The molecule has 4 rings (SSSR count). The first-order chi connectivity index (χ1) is 13.2. The normalized spacial score (nSPS) is 17.1. The van der Waals surface area contributed by atoms with E-state index in [1.807, 2.05) is 30.3 Å². The quantitative estimate of drug-likeness (QED) is 0.723. The zero-order valence-electron chi connectivity index (χ0n) is 15.2. The number of benzene rings is 2. The van der Waals surface area contributed by atoms with E-state index >= 15 is 0 Å². The third-order valence-electron chi connectivity index (χ3n) is 4.65. The van der Waals surface area contributed by atoms with E-state index in [0.29, 0.717) is 31.1 Å². The Morgan fingerprint density at radius 2 is 1.81 bits per heavy atom. The fourth-order valence-corrected chi connectivity index (χ4v) is 3.42. The molecule has 0 spiro atoms. The fraction of sp³-hybridized carbons (Fsp3) is 0.381. The molecule has 1 atom stereocenters.